The highest BCUT2D eigenvalue weighted by molar-refractivity contribution is 7.13. The van der Waals surface area contributed by atoms with Crippen LogP contribution in [0.3, 0.4) is 0 Å². The van der Waals surface area contributed by atoms with Crippen molar-refractivity contribution in [2.24, 2.45) is 5.92 Å². The molecule has 71 heavy (non-hydrogen) atoms. The maximum atomic E-state index is 14.2. The Kier molecular flexibility index (Phi) is 16.1. The van der Waals surface area contributed by atoms with Gasteiger partial charge in [-0.15, -0.1) is 11.3 Å². The van der Waals surface area contributed by atoms with Crippen molar-refractivity contribution >= 4 is 46.6 Å². The molecule has 3 N–H and O–H groups in total. The molecular formula is C53H55ClN8O8S. The molecule has 4 amide bonds. The molecule has 1 saturated heterocycles. The lowest BCUT2D eigenvalue weighted by Crippen LogP contribution is -2.55. The number of halogens is 1. The average molecular weight is 1000 g/mol. The van der Waals surface area contributed by atoms with Gasteiger partial charge in [0.25, 0.3) is 11.8 Å². The van der Waals surface area contributed by atoms with E-state index in [1.54, 1.807) is 69.7 Å². The van der Waals surface area contributed by atoms with Crippen LogP contribution in [0.15, 0.2) is 103 Å². The van der Waals surface area contributed by atoms with Crippen LogP contribution in [-0.4, -0.2) is 111 Å². The Morgan fingerprint density at radius 2 is 1.72 bits per heavy atom. The quantitative estimate of drug-likeness (QED) is 0.0662. The first kappa shape index (κ1) is 50.3. The summed E-state index contributed by atoms with van der Waals surface area (Å²) in [6.07, 6.45) is 1.00. The fourth-order valence-corrected chi connectivity index (χ4v) is 9.89. The van der Waals surface area contributed by atoms with E-state index in [2.05, 4.69) is 26.8 Å². The number of carbonyl (C=O) groups excluding carboxylic acids is 4. The molecule has 0 spiro atoms. The lowest BCUT2D eigenvalue weighted by molar-refractivity contribution is -0.143. The highest BCUT2D eigenvalue weighted by Crippen LogP contribution is 2.33. The van der Waals surface area contributed by atoms with Crippen molar-refractivity contribution in [2.45, 2.75) is 78.0 Å². The summed E-state index contributed by atoms with van der Waals surface area (Å²) in [6, 6.07) is 27.0. The molecule has 368 valence electrons. The number of aryl methyl sites for hydroxylation is 1. The van der Waals surface area contributed by atoms with Crippen LogP contribution in [0.2, 0.25) is 5.02 Å². The normalized spacial score (nSPS) is 16.1. The van der Waals surface area contributed by atoms with Crippen molar-refractivity contribution < 1.29 is 38.5 Å². The Morgan fingerprint density at radius 1 is 0.958 bits per heavy atom. The molecule has 4 atom stereocenters. The number of benzene rings is 4. The van der Waals surface area contributed by atoms with Crippen molar-refractivity contribution in [3.05, 3.63) is 141 Å². The molecular weight excluding hydrogens is 944 g/mol. The van der Waals surface area contributed by atoms with Crippen molar-refractivity contribution in [2.75, 3.05) is 33.0 Å². The van der Waals surface area contributed by atoms with E-state index < -0.39 is 24.1 Å². The number of fused-ring (bicyclic) bond motifs is 1. The van der Waals surface area contributed by atoms with Crippen LogP contribution >= 0.6 is 22.9 Å². The first-order valence-electron chi connectivity index (χ1n) is 23.4. The second kappa shape index (κ2) is 22.8. The van der Waals surface area contributed by atoms with Gasteiger partial charge in [0.2, 0.25) is 11.8 Å². The fraction of sp³-hybridized carbons (Fsp3) is 0.340. The summed E-state index contributed by atoms with van der Waals surface area (Å²) in [5.74, 6) is -0.354. The average Bonchev–Trinajstić information content (AvgIpc) is 4.17. The Balaban J connectivity index is 0.801. The molecule has 2 unspecified atom stereocenters. The zero-order valence-electron chi connectivity index (χ0n) is 39.8. The molecule has 0 saturated carbocycles. The topological polar surface area (TPSA) is 201 Å². The maximum Gasteiger partial charge on any atom is 0.255 e. The van der Waals surface area contributed by atoms with Crippen molar-refractivity contribution in [1.29, 1.82) is 5.26 Å². The second-order valence-electron chi connectivity index (χ2n) is 17.9. The van der Waals surface area contributed by atoms with Crippen LogP contribution in [0.25, 0.3) is 21.7 Å². The summed E-state index contributed by atoms with van der Waals surface area (Å²) in [4.78, 5) is 63.0. The first-order valence-corrected chi connectivity index (χ1v) is 24.7. The smallest absolute Gasteiger partial charge is 0.255 e. The SMILES string of the molecule is Cc1ncsc1-c1ccc(CNC(=O)C2C[C@@H](O)CN2C(=O)[C@H](C(C)C)N2Cc3ccccc3C2=O)c(OCCOCCOc2ccc(C(=O)NC(C)Cn3ccc(-c4ccc(C#N)c(Cl)c4)n3)cc2)c1. The monoisotopic (exact) mass is 998 g/mol. The molecule has 2 aliphatic rings. The molecule has 2 aliphatic heterocycles. The van der Waals surface area contributed by atoms with E-state index in [-0.39, 0.29) is 75.6 Å². The zero-order valence-corrected chi connectivity index (χ0v) is 41.4. The molecule has 0 aliphatic carbocycles. The lowest BCUT2D eigenvalue weighted by atomic mass is 10.0. The highest BCUT2D eigenvalue weighted by atomic mass is 35.5. The van der Waals surface area contributed by atoms with Gasteiger partial charge in [-0.3, -0.25) is 23.9 Å². The van der Waals surface area contributed by atoms with Crippen LogP contribution < -0.4 is 20.1 Å². The minimum atomic E-state index is -0.928. The number of aliphatic hydroxyl groups is 1. The van der Waals surface area contributed by atoms with E-state index >= 15 is 0 Å². The van der Waals surface area contributed by atoms with Gasteiger partial charge < -0.3 is 39.8 Å². The number of carbonyl (C=O) groups is 4. The van der Waals surface area contributed by atoms with E-state index in [0.29, 0.717) is 57.6 Å². The van der Waals surface area contributed by atoms with Crippen LogP contribution in [0, 0.1) is 24.2 Å². The van der Waals surface area contributed by atoms with Crippen LogP contribution in [0.5, 0.6) is 11.5 Å². The number of thiazole rings is 1. The largest absolute Gasteiger partial charge is 0.491 e. The van der Waals surface area contributed by atoms with E-state index in [9.17, 15) is 24.3 Å². The molecule has 1 fully saturated rings. The number of amides is 4. The summed E-state index contributed by atoms with van der Waals surface area (Å²) >= 11 is 7.72. The maximum absolute atomic E-state index is 14.2. The van der Waals surface area contributed by atoms with E-state index in [1.165, 1.54) is 16.2 Å². The number of rotatable bonds is 20. The van der Waals surface area contributed by atoms with Gasteiger partial charge in [-0.1, -0.05) is 61.8 Å². The van der Waals surface area contributed by atoms with Gasteiger partial charge in [-0.05, 0) is 85.5 Å². The highest BCUT2D eigenvalue weighted by Gasteiger charge is 2.46. The van der Waals surface area contributed by atoms with Crippen LogP contribution in [-0.2, 0) is 34.0 Å². The molecule has 18 heteroatoms. The summed E-state index contributed by atoms with van der Waals surface area (Å²) in [7, 11) is 0. The summed E-state index contributed by atoms with van der Waals surface area (Å²) < 4.78 is 19.7. The Hall–Kier alpha value is -7.10. The van der Waals surface area contributed by atoms with E-state index in [4.69, 9.17) is 31.1 Å². The number of nitriles is 1. The van der Waals surface area contributed by atoms with E-state index in [1.807, 2.05) is 70.3 Å². The molecule has 6 aromatic rings. The third-order valence-electron chi connectivity index (χ3n) is 12.4. The number of aliphatic hydroxyl groups excluding tert-OH is 1. The van der Waals surface area contributed by atoms with Crippen molar-refractivity contribution in [1.82, 2.24) is 35.2 Å². The molecule has 4 aromatic carbocycles. The fourth-order valence-electron chi connectivity index (χ4n) is 8.86. The first-order chi connectivity index (χ1) is 34.3. The lowest BCUT2D eigenvalue weighted by Gasteiger charge is -2.35. The molecule has 8 rings (SSSR count). The second-order valence-corrected chi connectivity index (χ2v) is 19.2. The van der Waals surface area contributed by atoms with Gasteiger partial charge in [0.05, 0.1) is 58.2 Å². The summed E-state index contributed by atoms with van der Waals surface area (Å²) in [6.45, 7) is 9.40. The number of ether oxygens (including phenoxy) is 3. The zero-order chi connectivity index (χ0) is 50.2. The van der Waals surface area contributed by atoms with Crippen molar-refractivity contribution in [3.63, 3.8) is 0 Å². The standard InChI is InChI=1S/C53H55ClN8O8S/c1-32(2)48(62-29-40-7-5-6-8-43(40)52(62)66)53(67)61-30-41(63)25-46(61)51(65)56-27-39-12-10-37(49-34(4)57-31-71-49)24-47(39)70-22-20-68-19-21-69-42-15-13-35(14-16-42)50(64)58-33(3)28-60-18-17-45(59-60)36-9-11-38(26-55)44(54)23-36/h5-18,23-24,31-33,41,46,48,63H,19-22,25,27-30H2,1-4H3,(H,56,65)(H,58,64)/t33?,41-,46?,48+/m1/s1. The van der Waals surface area contributed by atoms with Crippen LogP contribution in [0.4, 0.5) is 0 Å². The van der Waals surface area contributed by atoms with Gasteiger partial charge in [-0.25, -0.2) is 4.98 Å². The van der Waals surface area contributed by atoms with E-state index in [0.717, 1.165) is 27.3 Å². The predicted octanol–water partition coefficient (Wildman–Crippen LogP) is 7.06. The Morgan fingerprint density at radius 3 is 2.44 bits per heavy atom. The number of likely N-dealkylation sites (tertiary alicyclic amines) is 1. The van der Waals surface area contributed by atoms with Gasteiger partial charge in [0, 0.05) is 60.5 Å². The minimum Gasteiger partial charge on any atom is -0.491 e. The van der Waals surface area contributed by atoms with Crippen molar-refractivity contribution in [3.8, 4) is 39.3 Å². The molecule has 2 aromatic heterocycles. The molecule has 0 radical (unpaired) electrons. The predicted molar refractivity (Wildman–Crippen MR) is 268 cm³/mol. The van der Waals surface area contributed by atoms with Gasteiger partial charge in [-0.2, -0.15) is 10.4 Å². The van der Waals surface area contributed by atoms with Gasteiger partial charge in [0.15, 0.2) is 0 Å². The number of nitrogens with zero attached hydrogens (tertiary/aromatic N) is 6. The number of nitrogens with one attached hydrogen (secondary N) is 2. The molecule has 4 heterocycles. The minimum absolute atomic E-state index is 0.0141. The third-order valence-corrected chi connectivity index (χ3v) is 13.7. The van der Waals surface area contributed by atoms with Gasteiger partial charge >= 0.3 is 0 Å². The molecule has 16 nitrogen and oxygen atoms in total. The summed E-state index contributed by atoms with van der Waals surface area (Å²) in [5, 5.41) is 30.9. The number of hydrogen-bond donors (Lipinski definition) is 3. The molecule has 0 bridgehead atoms. The third kappa shape index (κ3) is 11.9. The number of hydrogen-bond acceptors (Lipinski definition) is 12. The van der Waals surface area contributed by atoms with Crippen LogP contribution in [0.1, 0.15) is 70.3 Å². The number of β-amino-alcohol motifs (C(OH)–C–C–N with tert-alkyl or cyclic N) is 1. The Bertz CT molecular complexity index is 2930. The Labute approximate surface area is 421 Å². The number of aromatic nitrogens is 3. The van der Waals surface area contributed by atoms with Gasteiger partial charge in [0.1, 0.15) is 42.9 Å². The summed E-state index contributed by atoms with van der Waals surface area (Å²) in [5.41, 5.74) is 8.07.